The van der Waals surface area contributed by atoms with E-state index in [0.29, 0.717) is 30.3 Å². The molecule has 0 saturated carbocycles. The van der Waals surface area contributed by atoms with Gasteiger partial charge in [0.1, 0.15) is 5.75 Å². The first-order valence-corrected chi connectivity index (χ1v) is 9.13. The Morgan fingerprint density at radius 3 is 2.41 bits per heavy atom. The molecule has 3 N–H and O–H groups in total. The highest BCUT2D eigenvalue weighted by Gasteiger charge is 2.13. The monoisotopic (exact) mass is 369 g/mol. The van der Waals surface area contributed by atoms with Crippen LogP contribution in [-0.2, 0) is 4.79 Å². The van der Waals surface area contributed by atoms with E-state index in [1.54, 1.807) is 24.3 Å². The Morgan fingerprint density at radius 1 is 1.04 bits per heavy atom. The van der Waals surface area contributed by atoms with Crippen molar-refractivity contribution < 1.29 is 14.3 Å². The van der Waals surface area contributed by atoms with Gasteiger partial charge in [0.05, 0.1) is 24.4 Å². The molecule has 2 amide bonds. The van der Waals surface area contributed by atoms with E-state index in [-0.39, 0.29) is 18.4 Å². The predicted octanol–water partition coefficient (Wildman–Crippen LogP) is 3.52. The summed E-state index contributed by atoms with van der Waals surface area (Å²) in [5.41, 5.74) is 1.77. The number of ether oxygens (including phenoxy) is 1. The van der Waals surface area contributed by atoms with E-state index in [2.05, 4.69) is 16.0 Å². The van der Waals surface area contributed by atoms with Crippen molar-refractivity contribution in [2.24, 2.45) is 5.92 Å². The summed E-state index contributed by atoms with van der Waals surface area (Å²) in [7, 11) is 0. The highest BCUT2D eigenvalue weighted by atomic mass is 16.5. The maximum atomic E-state index is 12.3. The molecule has 27 heavy (non-hydrogen) atoms. The van der Waals surface area contributed by atoms with Crippen LogP contribution in [0.5, 0.6) is 5.75 Å². The van der Waals surface area contributed by atoms with Crippen LogP contribution in [0.4, 0.5) is 11.4 Å². The summed E-state index contributed by atoms with van der Waals surface area (Å²) in [6, 6.07) is 14.4. The normalized spacial score (nSPS) is 10.4. The number of carbonyl (C=O) groups is 2. The molecule has 2 aromatic rings. The molecule has 0 aliphatic rings. The first-order chi connectivity index (χ1) is 13.0. The molecule has 2 rings (SSSR count). The minimum atomic E-state index is -0.229. The fraction of sp³-hybridized carbons (Fsp3) is 0.333. The molecule has 0 spiro atoms. The average molecular weight is 369 g/mol. The molecular weight excluding hydrogens is 342 g/mol. The van der Waals surface area contributed by atoms with Crippen LogP contribution in [-0.4, -0.2) is 31.5 Å². The van der Waals surface area contributed by atoms with Gasteiger partial charge in [0.15, 0.2) is 0 Å². The van der Waals surface area contributed by atoms with E-state index in [4.69, 9.17) is 4.74 Å². The lowest BCUT2D eigenvalue weighted by Crippen LogP contribution is -2.29. The second kappa shape index (κ2) is 10.2. The highest BCUT2D eigenvalue weighted by molar-refractivity contribution is 6.04. The predicted molar refractivity (Wildman–Crippen MR) is 108 cm³/mol. The molecule has 0 radical (unpaired) electrons. The van der Waals surface area contributed by atoms with Crippen molar-refractivity contribution in [3.8, 4) is 5.75 Å². The summed E-state index contributed by atoms with van der Waals surface area (Å²) in [6.45, 7) is 7.27. The average Bonchev–Trinajstić information content (AvgIpc) is 2.66. The van der Waals surface area contributed by atoms with E-state index >= 15 is 0 Å². The summed E-state index contributed by atoms with van der Waals surface area (Å²) in [5, 5.41) is 8.72. The summed E-state index contributed by atoms with van der Waals surface area (Å²) in [5.74, 6) is 0.718. The number of carbonyl (C=O) groups excluding carboxylic acids is 2. The van der Waals surface area contributed by atoms with Gasteiger partial charge in [0, 0.05) is 12.2 Å². The largest absolute Gasteiger partial charge is 0.494 e. The SMILES string of the molecule is CCOc1ccc(NCC(=O)Nc2ccccc2C(=O)NCC(C)C)cc1. The van der Waals surface area contributed by atoms with Gasteiger partial charge in [-0.05, 0) is 49.2 Å². The Bertz CT molecular complexity index is 758. The zero-order chi connectivity index (χ0) is 19.6. The number of anilines is 2. The molecule has 0 unspecified atom stereocenters. The molecule has 144 valence electrons. The summed E-state index contributed by atoms with van der Waals surface area (Å²) in [4.78, 5) is 24.6. The molecule has 0 aliphatic heterocycles. The quantitative estimate of drug-likeness (QED) is 0.632. The van der Waals surface area contributed by atoms with Crippen molar-refractivity contribution in [3.63, 3.8) is 0 Å². The van der Waals surface area contributed by atoms with E-state index in [0.717, 1.165) is 11.4 Å². The van der Waals surface area contributed by atoms with Gasteiger partial charge in [-0.15, -0.1) is 0 Å². The van der Waals surface area contributed by atoms with Crippen LogP contribution in [0, 0.1) is 5.92 Å². The van der Waals surface area contributed by atoms with Crippen LogP contribution in [0.15, 0.2) is 48.5 Å². The lowest BCUT2D eigenvalue weighted by atomic mass is 10.1. The molecule has 2 aromatic carbocycles. The summed E-state index contributed by atoms with van der Waals surface area (Å²) >= 11 is 0. The summed E-state index contributed by atoms with van der Waals surface area (Å²) in [6.07, 6.45) is 0. The van der Waals surface area contributed by atoms with Crippen LogP contribution < -0.4 is 20.7 Å². The van der Waals surface area contributed by atoms with E-state index in [9.17, 15) is 9.59 Å². The Hall–Kier alpha value is -3.02. The Morgan fingerprint density at radius 2 is 1.74 bits per heavy atom. The molecule has 0 aliphatic carbocycles. The van der Waals surface area contributed by atoms with Crippen LogP contribution >= 0.6 is 0 Å². The van der Waals surface area contributed by atoms with Gasteiger partial charge in [0.2, 0.25) is 5.91 Å². The summed E-state index contributed by atoms with van der Waals surface area (Å²) < 4.78 is 5.39. The molecular formula is C21H27N3O3. The van der Waals surface area contributed by atoms with E-state index in [1.807, 2.05) is 45.0 Å². The van der Waals surface area contributed by atoms with Crippen molar-refractivity contribution in [3.05, 3.63) is 54.1 Å². The molecule has 0 heterocycles. The molecule has 0 fully saturated rings. The van der Waals surface area contributed by atoms with Crippen molar-refractivity contribution in [2.45, 2.75) is 20.8 Å². The molecule has 0 bridgehead atoms. The van der Waals surface area contributed by atoms with Crippen LogP contribution in [0.25, 0.3) is 0 Å². The number of benzene rings is 2. The smallest absolute Gasteiger partial charge is 0.253 e. The maximum Gasteiger partial charge on any atom is 0.253 e. The lowest BCUT2D eigenvalue weighted by Gasteiger charge is -2.13. The van der Waals surface area contributed by atoms with Gasteiger partial charge in [-0.25, -0.2) is 0 Å². The molecule has 0 atom stereocenters. The van der Waals surface area contributed by atoms with Crippen molar-refractivity contribution in [2.75, 3.05) is 30.3 Å². The zero-order valence-corrected chi connectivity index (χ0v) is 16.0. The fourth-order valence-electron chi connectivity index (χ4n) is 2.39. The third-order valence-electron chi connectivity index (χ3n) is 3.74. The van der Waals surface area contributed by atoms with Crippen LogP contribution in [0.3, 0.4) is 0 Å². The molecule has 0 aromatic heterocycles. The first kappa shape index (κ1) is 20.3. The van der Waals surface area contributed by atoms with Gasteiger partial charge in [-0.1, -0.05) is 26.0 Å². The van der Waals surface area contributed by atoms with Crippen molar-refractivity contribution >= 4 is 23.2 Å². The highest BCUT2D eigenvalue weighted by Crippen LogP contribution is 2.17. The number of hydrogen-bond acceptors (Lipinski definition) is 4. The maximum absolute atomic E-state index is 12.3. The van der Waals surface area contributed by atoms with Gasteiger partial charge in [0.25, 0.3) is 5.91 Å². The Balaban J connectivity index is 1.92. The Kier molecular flexibility index (Phi) is 7.67. The van der Waals surface area contributed by atoms with Crippen LogP contribution in [0.2, 0.25) is 0 Å². The minimum Gasteiger partial charge on any atom is -0.494 e. The molecule has 6 heteroatoms. The first-order valence-electron chi connectivity index (χ1n) is 9.13. The third kappa shape index (κ3) is 6.66. The van der Waals surface area contributed by atoms with Gasteiger partial charge >= 0.3 is 0 Å². The van der Waals surface area contributed by atoms with Gasteiger partial charge < -0.3 is 20.7 Å². The fourth-order valence-corrected chi connectivity index (χ4v) is 2.39. The molecule has 0 saturated heterocycles. The Labute approximate surface area is 160 Å². The minimum absolute atomic E-state index is 0.0932. The number of rotatable bonds is 9. The van der Waals surface area contributed by atoms with Gasteiger partial charge in [-0.3, -0.25) is 9.59 Å². The number of hydrogen-bond donors (Lipinski definition) is 3. The number of nitrogens with one attached hydrogen (secondary N) is 3. The third-order valence-corrected chi connectivity index (χ3v) is 3.74. The van der Waals surface area contributed by atoms with E-state index in [1.165, 1.54) is 0 Å². The van der Waals surface area contributed by atoms with E-state index < -0.39 is 0 Å². The lowest BCUT2D eigenvalue weighted by molar-refractivity contribution is -0.114. The van der Waals surface area contributed by atoms with Crippen LogP contribution in [0.1, 0.15) is 31.1 Å². The molecule has 6 nitrogen and oxygen atoms in total. The second-order valence-electron chi connectivity index (χ2n) is 6.51. The van der Waals surface area contributed by atoms with Crippen molar-refractivity contribution in [1.82, 2.24) is 5.32 Å². The zero-order valence-electron chi connectivity index (χ0n) is 16.0. The van der Waals surface area contributed by atoms with Crippen molar-refractivity contribution in [1.29, 1.82) is 0 Å². The standard InChI is InChI=1S/C21H27N3O3/c1-4-27-17-11-9-16(10-12-17)22-14-20(25)24-19-8-6-5-7-18(19)21(26)23-13-15(2)3/h5-12,15,22H,4,13-14H2,1-3H3,(H,23,26)(H,24,25). The number of para-hydroxylation sites is 1. The topological polar surface area (TPSA) is 79.5 Å². The number of amides is 2. The second-order valence-corrected chi connectivity index (χ2v) is 6.51. The van der Waals surface area contributed by atoms with Gasteiger partial charge in [-0.2, -0.15) is 0 Å².